The summed E-state index contributed by atoms with van der Waals surface area (Å²) in [6.07, 6.45) is 0.526. The molecule has 2 heterocycles. The second kappa shape index (κ2) is 9.23. The molecule has 9 nitrogen and oxygen atoms in total. The number of nitrogens with zero attached hydrogens (tertiary/aromatic N) is 2. The van der Waals surface area contributed by atoms with Gasteiger partial charge in [0.25, 0.3) is 5.91 Å². The van der Waals surface area contributed by atoms with Crippen LogP contribution >= 0.6 is 0 Å². The number of esters is 2. The third-order valence-electron chi connectivity index (χ3n) is 6.29. The first-order valence-electron chi connectivity index (χ1n) is 11.2. The van der Waals surface area contributed by atoms with E-state index in [-0.39, 0.29) is 28.6 Å². The number of anilines is 1. The van der Waals surface area contributed by atoms with Crippen molar-refractivity contribution in [3.63, 3.8) is 0 Å². The van der Waals surface area contributed by atoms with Gasteiger partial charge in [0.1, 0.15) is 11.5 Å². The fourth-order valence-electron chi connectivity index (χ4n) is 4.76. The molecule has 0 aliphatic carbocycles. The molecule has 2 aliphatic heterocycles. The summed E-state index contributed by atoms with van der Waals surface area (Å²) >= 11 is 0. The summed E-state index contributed by atoms with van der Waals surface area (Å²) in [7, 11) is 2.39. The van der Waals surface area contributed by atoms with E-state index >= 15 is 0 Å². The van der Waals surface area contributed by atoms with E-state index in [1.54, 1.807) is 48.5 Å². The average molecular weight is 487 g/mol. The first kappa shape index (κ1) is 24.5. The van der Waals surface area contributed by atoms with Crippen molar-refractivity contribution in [2.24, 2.45) is 5.73 Å². The van der Waals surface area contributed by atoms with Crippen LogP contribution in [0.15, 0.2) is 71.2 Å². The van der Waals surface area contributed by atoms with Gasteiger partial charge in [-0.25, -0.2) is 9.59 Å². The number of ether oxygens (including phenoxy) is 2. The molecule has 9 heteroatoms. The quantitative estimate of drug-likeness (QED) is 0.630. The van der Waals surface area contributed by atoms with E-state index in [2.05, 4.69) is 11.4 Å². The SMILES string of the molecule is COC(=O)C1=C(C(=O)OC)N(c2ccc3c(c2)CC(C)(C)NC3=O)C(N)=C(C#N)C1c1ccccc1. The van der Waals surface area contributed by atoms with Gasteiger partial charge in [-0.05, 0) is 49.6 Å². The molecule has 1 amide bonds. The fourth-order valence-corrected chi connectivity index (χ4v) is 4.76. The van der Waals surface area contributed by atoms with Crippen molar-refractivity contribution in [1.82, 2.24) is 5.32 Å². The number of methoxy groups -OCH3 is 2. The Hall–Kier alpha value is -4.58. The number of benzene rings is 2. The number of amides is 1. The summed E-state index contributed by atoms with van der Waals surface area (Å²) in [5, 5.41) is 13.1. The minimum atomic E-state index is -0.948. The van der Waals surface area contributed by atoms with Crippen molar-refractivity contribution < 1.29 is 23.9 Å². The van der Waals surface area contributed by atoms with Crippen LogP contribution in [0.25, 0.3) is 0 Å². The van der Waals surface area contributed by atoms with Crippen LogP contribution in [0.2, 0.25) is 0 Å². The molecule has 1 unspecified atom stereocenters. The number of nitrogens with two attached hydrogens (primary N) is 1. The van der Waals surface area contributed by atoms with Crippen LogP contribution in [-0.4, -0.2) is 37.6 Å². The molecule has 0 fully saturated rings. The largest absolute Gasteiger partial charge is 0.466 e. The molecule has 2 aliphatic rings. The number of hydrogen-bond acceptors (Lipinski definition) is 8. The van der Waals surface area contributed by atoms with Gasteiger partial charge in [0.05, 0.1) is 37.4 Å². The molecule has 1 atom stereocenters. The van der Waals surface area contributed by atoms with Crippen LogP contribution < -0.4 is 16.0 Å². The number of carbonyl (C=O) groups excluding carboxylic acids is 3. The van der Waals surface area contributed by atoms with Crippen LogP contribution in [0, 0.1) is 11.3 Å². The van der Waals surface area contributed by atoms with Crippen molar-refractivity contribution in [1.29, 1.82) is 5.26 Å². The van der Waals surface area contributed by atoms with E-state index in [4.69, 9.17) is 15.2 Å². The normalized spacial score (nSPS) is 18.7. The second-order valence-corrected chi connectivity index (χ2v) is 9.19. The number of rotatable bonds is 4. The van der Waals surface area contributed by atoms with Gasteiger partial charge in [0.15, 0.2) is 0 Å². The number of nitrogens with one attached hydrogen (secondary N) is 1. The first-order chi connectivity index (χ1) is 17.1. The van der Waals surface area contributed by atoms with Gasteiger partial charge in [0.2, 0.25) is 0 Å². The monoisotopic (exact) mass is 486 g/mol. The number of carbonyl (C=O) groups is 3. The Labute approximate surface area is 208 Å². The highest BCUT2D eigenvalue weighted by molar-refractivity contribution is 6.06. The molecule has 0 saturated carbocycles. The minimum absolute atomic E-state index is 0.0288. The zero-order valence-electron chi connectivity index (χ0n) is 20.4. The zero-order chi connectivity index (χ0) is 26.2. The number of nitriles is 1. The fraction of sp³-hybridized carbons (Fsp3) is 0.259. The molecule has 4 rings (SSSR count). The second-order valence-electron chi connectivity index (χ2n) is 9.19. The topological polar surface area (TPSA) is 135 Å². The summed E-state index contributed by atoms with van der Waals surface area (Å²) in [4.78, 5) is 40.3. The molecule has 2 aromatic rings. The Kier molecular flexibility index (Phi) is 6.29. The van der Waals surface area contributed by atoms with Crippen molar-refractivity contribution in [3.05, 3.63) is 87.9 Å². The highest BCUT2D eigenvalue weighted by Gasteiger charge is 2.43. The van der Waals surface area contributed by atoms with Crippen molar-refractivity contribution >= 4 is 23.5 Å². The number of allylic oxidation sites excluding steroid dienone is 1. The summed E-state index contributed by atoms with van der Waals surface area (Å²) in [6, 6.07) is 15.9. The lowest BCUT2D eigenvalue weighted by Gasteiger charge is -2.37. The van der Waals surface area contributed by atoms with Gasteiger partial charge in [-0.15, -0.1) is 0 Å². The Bertz CT molecular complexity index is 1370. The highest BCUT2D eigenvalue weighted by Crippen LogP contribution is 2.43. The molecule has 184 valence electrons. The van der Waals surface area contributed by atoms with E-state index in [0.29, 0.717) is 23.2 Å². The third-order valence-corrected chi connectivity index (χ3v) is 6.29. The maximum absolute atomic E-state index is 13.2. The number of hydrogen-bond donors (Lipinski definition) is 2. The molecule has 0 radical (unpaired) electrons. The van der Waals surface area contributed by atoms with Gasteiger partial charge < -0.3 is 20.5 Å². The van der Waals surface area contributed by atoms with Crippen LogP contribution in [0.3, 0.4) is 0 Å². The average Bonchev–Trinajstić information content (AvgIpc) is 2.86. The molecule has 36 heavy (non-hydrogen) atoms. The molecule has 2 aromatic carbocycles. The maximum Gasteiger partial charge on any atom is 0.355 e. The van der Waals surface area contributed by atoms with Crippen LogP contribution in [-0.2, 0) is 25.5 Å². The summed E-state index contributed by atoms with van der Waals surface area (Å²) in [5.41, 5.74) is 8.13. The van der Waals surface area contributed by atoms with Gasteiger partial charge in [-0.1, -0.05) is 30.3 Å². The van der Waals surface area contributed by atoms with Crippen molar-refractivity contribution in [2.45, 2.75) is 31.7 Å². The Morgan fingerprint density at radius 2 is 1.78 bits per heavy atom. The Balaban J connectivity index is 2.02. The van der Waals surface area contributed by atoms with Crippen molar-refractivity contribution in [3.8, 4) is 6.07 Å². The molecule has 3 N–H and O–H groups in total. The third kappa shape index (κ3) is 4.07. The Morgan fingerprint density at radius 1 is 1.11 bits per heavy atom. The summed E-state index contributed by atoms with van der Waals surface area (Å²) < 4.78 is 10.1. The molecule has 0 spiro atoms. The minimum Gasteiger partial charge on any atom is -0.466 e. The van der Waals surface area contributed by atoms with Crippen molar-refractivity contribution in [2.75, 3.05) is 19.1 Å². The smallest absolute Gasteiger partial charge is 0.355 e. The lowest BCUT2D eigenvalue weighted by molar-refractivity contribution is -0.139. The molecule has 0 aromatic heterocycles. The first-order valence-corrected chi connectivity index (χ1v) is 11.2. The predicted molar refractivity (Wildman–Crippen MR) is 131 cm³/mol. The highest BCUT2D eigenvalue weighted by atomic mass is 16.5. The Morgan fingerprint density at radius 3 is 2.39 bits per heavy atom. The molecule has 0 bridgehead atoms. The van der Waals surface area contributed by atoms with E-state index < -0.39 is 23.4 Å². The van der Waals surface area contributed by atoms with Crippen LogP contribution in [0.5, 0.6) is 0 Å². The number of fused-ring (bicyclic) bond motifs is 1. The van der Waals surface area contributed by atoms with E-state index in [9.17, 15) is 19.6 Å². The molecular formula is C27H26N4O5. The van der Waals surface area contributed by atoms with E-state index in [1.807, 2.05) is 13.8 Å². The lowest BCUT2D eigenvalue weighted by Crippen LogP contribution is -2.49. The maximum atomic E-state index is 13.2. The zero-order valence-corrected chi connectivity index (χ0v) is 20.4. The van der Waals surface area contributed by atoms with E-state index in [0.717, 1.165) is 5.56 Å². The molecular weight excluding hydrogens is 460 g/mol. The summed E-state index contributed by atoms with van der Waals surface area (Å²) in [6.45, 7) is 3.81. The van der Waals surface area contributed by atoms with Crippen LogP contribution in [0.4, 0.5) is 5.69 Å². The lowest BCUT2D eigenvalue weighted by atomic mass is 9.80. The van der Waals surface area contributed by atoms with Gasteiger partial charge in [-0.2, -0.15) is 5.26 Å². The van der Waals surface area contributed by atoms with Gasteiger partial charge in [-0.3, -0.25) is 9.69 Å². The van der Waals surface area contributed by atoms with Gasteiger partial charge >= 0.3 is 11.9 Å². The standard InChI is InChI=1S/C27H26N4O5/c1-27(2)13-16-12-17(10-11-18(16)24(32)30-27)31-22(26(34)36-4)21(25(33)35-3)20(19(14-28)23(31)29)15-8-6-5-7-9-15/h5-12,20H,13,29H2,1-4H3,(H,30,32). The molecule has 0 saturated heterocycles. The van der Waals surface area contributed by atoms with E-state index in [1.165, 1.54) is 19.1 Å². The van der Waals surface area contributed by atoms with Crippen LogP contribution in [0.1, 0.15) is 41.3 Å². The van der Waals surface area contributed by atoms with Gasteiger partial charge in [0, 0.05) is 16.8 Å². The summed E-state index contributed by atoms with van der Waals surface area (Å²) in [5.74, 6) is -2.81. The predicted octanol–water partition coefficient (Wildman–Crippen LogP) is 2.65.